The largest absolute Gasteiger partial charge is 0.416 e. The second-order valence-electron chi connectivity index (χ2n) is 3.08. The summed E-state index contributed by atoms with van der Waals surface area (Å²) < 4.78 is 17.8. The fraction of sp³-hybridized carbons (Fsp3) is 0.200. The predicted octanol–water partition coefficient (Wildman–Crippen LogP) is 2.76. The van der Waals surface area contributed by atoms with Crippen LogP contribution in [0.5, 0.6) is 0 Å². The summed E-state index contributed by atoms with van der Waals surface area (Å²) in [5, 5.41) is 7.49. The number of aromatic nitrogens is 2. The van der Waals surface area contributed by atoms with Crippen LogP contribution in [-0.4, -0.2) is 10.2 Å². The monoisotopic (exact) mass is 270 g/mol. The van der Waals surface area contributed by atoms with Gasteiger partial charge in [0.15, 0.2) is 0 Å². The van der Waals surface area contributed by atoms with Crippen LogP contribution in [0.15, 0.2) is 33.5 Å². The van der Waals surface area contributed by atoms with E-state index in [1.54, 1.807) is 12.1 Å². The first-order valence-corrected chi connectivity index (χ1v) is 5.25. The van der Waals surface area contributed by atoms with E-state index in [4.69, 9.17) is 4.42 Å². The van der Waals surface area contributed by atoms with Crippen LogP contribution in [0.25, 0.3) is 0 Å². The van der Waals surface area contributed by atoms with Crippen molar-refractivity contribution in [2.45, 2.75) is 12.8 Å². The highest BCUT2D eigenvalue weighted by molar-refractivity contribution is 9.10. The fourth-order valence-corrected chi connectivity index (χ4v) is 1.50. The van der Waals surface area contributed by atoms with Crippen molar-refractivity contribution in [3.63, 3.8) is 0 Å². The summed E-state index contributed by atoms with van der Waals surface area (Å²) in [6, 6.07) is 6.39. The molecule has 0 bridgehead atoms. The summed E-state index contributed by atoms with van der Waals surface area (Å²) in [6.45, 7) is 0. The molecule has 0 aliphatic rings. The zero-order chi connectivity index (χ0) is 10.7. The fourth-order valence-electron chi connectivity index (χ4n) is 1.24. The molecule has 0 spiro atoms. The summed E-state index contributed by atoms with van der Waals surface area (Å²) in [5.41, 5.74) is 1.05. The third kappa shape index (κ3) is 2.86. The molecule has 0 aliphatic heterocycles. The second-order valence-corrected chi connectivity index (χ2v) is 3.75. The van der Waals surface area contributed by atoms with Gasteiger partial charge in [-0.25, -0.2) is 4.39 Å². The Hall–Kier alpha value is -1.23. The van der Waals surface area contributed by atoms with E-state index in [9.17, 15) is 4.39 Å². The topological polar surface area (TPSA) is 38.9 Å². The quantitative estimate of drug-likeness (QED) is 0.861. The van der Waals surface area contributed by atoms with Crippen LogP contribution in [-0.2, 0) is 12.8 Å². The predicted molar refractivity (Wildman–Crippen MR) is 55.8 cm³/mol. The molecule has 0 unspecified atom stereocenters. The molecule has 0 atom stereocenters. The lowest BCUT2D eigenvalue weighted by Crippen LogP contribution is -1.91. The van der Waals surface area contributed by atoms with E-state index in [2.05, 4.69) is 26.1 Å². The SMILES string of the molecule is Fc1ccc(CCc2nnc(Br)o2)cc1. The Bertz CT molecular complexity index is 441. The van der Waals surface area contributed by atoms with Gasteiger partial charge in [0.05, 0.1) is 0 Å². The number of hydrogen-bond donors (Lipinski definition) is 0. The minimum absolute atomic E-state index is 0.223. The maximum atomic E-state index is 12.6. The molecule has 78 valence electrons. The van der Waals surface area contributed by atoms with Crippen LogP contribution in [0.3, 0.4) is 0 Å². The molecule has 0 saturated carbocycles. The smallest absolute Gasteiger partial charge is 0.284 e. The van der Waals surface area contributed by atoms with Gasteiger partial charge in [0.1, 0.15) is 5.82 Å². The van der Waals surface area contributed by atoms with Gasteiger partial charge in [-0.1, -0.05) is 12.1 Å². The summed E-state index contributed by atoms with van der Waals surface area (Å²) in [6.07, 6.45) is 1.42. The number of rotatable bonds is 3. The lowest BCUT2D eigenvalue weighted by molar-refractivity contribution is 0.471. The Morgan fingerprint density at radius 2 is 1.87 bits per heavy atom. The molecule has 5 heteroatoms. The van der Waals surface area contributed by atoms with Crippen molar-refractivity contribution in [3.05, 3.63) is 46.3 Å². The molecule has 2 rings (SSSR count). The Morgan fingerprint density at radius 3 is 2.47 bits per heavy atom. The standard InChI is InChI=1S/C10H8BrFN2O/c11-10-14-13-9(15-10)6-3-7-1-4-8(12)5-2-7/h1-2,4-5H,3,6H2. The van der Waals surface area contributed by atoms with E-state index in [1.165, 1.54) is 12.1 Å². The molecule has 3 nitrogen and oxygen atoms in total. The number of halogens is 2. The average Bonchev–Trinajstić information content (AvgIpc) is 2.64. The minimum atomic E-state index is -0.223. The van der Waals surface area contributed by atoms with Crippen molar-refractivity contribution >= 4 is 15.9 Å². The van der Waals surface area contributed by atoms with E-state index in [0.29, 0.717) is 17.1 Å². The first kappa shape index (κ1) is 10.3. The first-order valence-electron chi connectivity index (χ1n) is 4.46. The molecule has 0 aliphatic carbocycles. The maximum Gasteiger partial charge on any atom is 0.284 e. The minimum Gasteiger partial charge on any atom is -0.416 e. The van der Waals surface area contributed by atoms with Crippen molar-refractivity contribution in [2.24, 2.45) is 0 Å². The van der Waals surface area contributed by atoms with Gasteiger partial charge in [-0.15, -0.1) is 10.2 Å². The van der Waals surface area contributed by atoms with E-state index < -0.39 is 0 Å². The van der Waals surface area contributed by atoms with Crippen molar-refractivity contribution in [2.75, 3.05) is 0 Å². The van der Waals surface area contributed by atoms with E-state index in [-0.39, 0.29) is 5.82 Å². The molecule has 0 saturated heterocycles. The number of benzene rings is 1. The normalized spacial score (nSPS) is 10.5. The first-order chi connectivity index (χ1) is 7.24. The average molecular weight is 271 g/mol. The highest BCUT2D eigenvalue weighted by atomic mass is 79.9. The van der Waals surface area contributed by atoms with Crippen molar-refractivity contribution < 1.29 is 8.81 Å². The van der Waals surface area contributed by atoms with Crippen molar-refractivity contribution in [1.29, 1.82) is 0 Å². The van der Waals surface area contributed by atoms with Crippen molar-refractivity contribution in [3.8, 4) is 0 Å². The van der Waals surface area contributed by atoms with Gasteiger partial charge in [0, 0.05) is 22.4 Å². The second kappa shape index (κ2) is 4.53. The molecule has 0 fully saturated rings. The Kier molecular flexibility index (Phi) is 3.11. The molecular formula is C10H8BrFN2O. The van der Waals surface area contributed by atoms with Crippen LogP contribution < -0.4 is 0 Å². The van der Waals surface area contributed by atoms with E-state index >= 15 is 0 Å². The van der Waals surface area contributed by atoms with E-state index in [1.807, 2.05) is 0 Å². The zero-order valence-corrected chi connectivity index (χ0v) is 9.37. The van der Waals surface area contributed by atoms with Gasteiger partial charge < -0.3 is 4.42 Å². The third-order valence-electron chi connectivity index (χ3n) is 1.98. The summed E-state index contributed by atoms with van der Waals surface area (Å²) >= 11 is 3.08. The Balaban J connectivity index is 1.96. The zero-order valence-electron chi connectivity index (χ0n) is 7.78. The van der Waals surface area contributed by atoms with Gasteiger partial charge in [-0.05, 0) is 24.1 Å². The lowest BCUT2D eigenvalue weighted by Gasteiger charge is -1.97. The highest BCUT2D eigenvalue weighted by Gasteiger charge is 2.03. The van der Waals surface area contributed by atoms with Crippen LogP contribution >= 0.6 is 15.9 Å². The van der Waals surface area contributed by atoms with Crippen LogP contribution in [0.1, 0.15) is 11.5 Å². The molecule has 2 aromatic rings. The molecular weight excluding hydrogens is 263 g/mol. The molecule has 1 heterocycles. The molecule has 1 aromatic heterocycles. The number of nitrogens with zero attached hydrogens (tertiary/aromatic N) is 2. The number of hydrogen-bond acceptors (Lipinski definition) is 3. The van der Waals surface area contributed by atoms with E-state index in [0.717, 1.165) is 12.0 Å². The summed E-state index contributed by atoms with van der Waals surface area (Å²) in [5.74, 6) is 0.352. The lowest BCUT2D eigenvalue weighted by atomic mass is 10.1. The van der Waals surface area contributed by atoms with Gasteiger partial charge in [0.25, 0.3) is 4.80 Å². The molecule has 15 heavy (non-hydrogen) atoms. The molecule has 0 amide bonds. The Morgan fingerprint density at radius 1 is 1.13 bits per heavy atom. The van der Waals surface area contributed by atoms with Gasteiger partial charge >= 0.3 is 0 Å². The number of aryl methyl sites for hydroxylation is 2. The van der Waals surface area contributed by atoms with Gasteiger partial charge in [-0.3, -0.25) is 0 Å². The molecule has 0 N–H and O–H groups in total. The molecule has 0 radical (unpaired) electrons. The Labute approximate surface area is 94.5 Å². The van der Waals surface area contributed by atoms with Gasteiger partial charge in [-0.2, -0.15) is 0 Å². The summed E-state index contributed by atoms with van der Waals surface area (Å²) in [7, 11) is 0. The molecule has 1 aromatic carbocycles. The van der Waals surface area contributed by atoms with Crippen molar-refractivity contribution in [1.82, 2.24) is 10.2 Å². The summed E-state index contributed by atoms with van der Waals surface area (Å²) in [4.78, 5) is 0.386. The van der Waals surface area contributed by atoms with Crippen LogP contribution in [0.4, 0.5) is 4.39 Å². The third-order valence-corrected chi connectivity index (χ3v) is 2.30. The highest BCUT2D eigenvalue weighted by Crippen LogP contribution is 2.10. The maximum absolute atomic E-state index is 12.6. The van der Waals surface area contributed by atoms with Crippen LogP contribution in [0, 0.1) is 5.82 Å². The van der Waals surface area contributed by atoms with Gasteiger partial charge in [0.2, 0.25) is 5.89 Å². The van der Waals surface area contributed by atoms with Crippen LogP contribution in [0.2, 0.25) is 0 Å².